The summed E-state index contributed by atoms with van der Waals surface area (Å²) in [6, 6.07) is 0. The van der Waals surface area contributed by atoms with Crippen LogP contribution < -0.4 is 10.5 Å². The first-order chi connectivity index (χ1) is 4.74. The minimum atomic E-state index is 0.384. The fourth-order valence-electron chi connectivity index (χ4n) is 0.634. The van der Waals surface area contributed by atoms with Gasteiger partial charge in [-0.05, 0) is 6.92 Å². The van der Waals surface area contributed by atoms with Gasteiger partial charge in [0, 0.05) is 0 Å². The molecule has 0 fully saturated rings. The molecular weight excluding hydrogens is 130 g/mol. The number of hydrogen-bond acceptors (Lipinski definition) is 4. The average Bonchev–Trinajstić information content (AvgIpc) is 1.88. The molecule has 10 heavy (non-hydrogen) atoms. The van der Waals surface area contributed by atoms with Crippen LogP contribution in [-0.4, -0.2) is 17.1 Å². The van der Waals surface area contributed by atoms with Gasteiger partial charge < -0.3 is 10.5 Å². The fraction of sp³-hybridized carbons (Fsp3) is 0.333. The molecule has 0 aliphatic heterocycles. The lowest BCUT2D eigenvalue weighted by molar-refractivity contribution is 0.413. The third-order valence-corrected chi connectivity index (χ3v) is 1.12. The summed E-state index contributed by atoms with van der Waals surface area (Å²) in [4.78, 5) is 7.78. The van der Waals surface area contributed by atoms with Crippen LogP contribution in [0.15, 0.2) is 6.20 Å². The van der Waals surface area contributed by atoms with Gasteiger partial charge >= 0.3 is 0 Å². The van der Waals surface area contributed by atoms with Crippen LogP contribution in [0.3, 0.4) is 0 Å². The fourth-order valence-corrected chi connectivity index (χ4v) is 0.634. The van der Waals surface area contributed by atoms with Crippen molar-refractivity contribution in [2.24, 2.45) is 0 Å². The molecule has 0 saturated carbocycles. The molecule has 1 aromatic heterocycles. The Morgan fingerprint density at radius 3 is 2.80 bits per heavy atom. The van der Waals surface area contributed by atoms with Crippen molar-refractivity contribution in [2.45, 2.75) is 6.92 Å². The minimum Gasteiger partial charge on any atom is -0.491 e. The number of anilines is 1. The molecule has 2 N–H and O–H groups in total. The highest BCUT2D eigenvalue weighted by atomic mass is 16.5. The van der Waals surface area contributed by atoms with Crippen LogP contribution in [0.25, 0.3) is 0 Å². The number of nitrogens with two attached hydrogens (primary N) is 1. The first-order valence-electron chi connectivity index (χ1n) is 2.87. The number of nitrogen functional groups attached to an aromatic ring is 1. The highest BCUT2D eigenvalue weighted by Crippen LogP contribution is 2.14. The predicted octanol–water partition coefficient (Wildman–Crippen LogP) is 0.376. The van der Waals surface area contributed by atoms with E-state index in [2.05, 4.69) is 9.97 Å². The molecule has 1 heterocycles. The van der Waals surface area contributed by atoms with Crippen LogP contribution in [0, 0.1) is 6.92 Å². The normalized spacial score (nSPS) is 9.40. The van der Waals surface area contributed by atoms with Crippen molar-refractivity contribution in [1.29, 1.82) is 0 Å². The summed E-state index contributed by atoms with van der Waals surface area (Å²) in [6.07, 6.45) is 1.55. The first kappa shape index (κ1) is 6.80. The molecule has 4 nitrogen and oxygen atoms in total. The Bertz CT molecular complexity index is 236. The number of hydrogen-bond donors (Lipinski definition) is 1. The number of aromatic nitrogens is 2. The second-order valence-corrected chi connectivity index (χ2v) is 1.87. The van der Waals surface area contributed by atoms with Crippen molar-refractivity contribution in [1.82, 2.24) is 9.97 Å². The highest BCUT2D eigenvalue weighted by molar-refractivity contribution is 5.43. The summed E-state index contributed by atoms with van der Waals surface area (Å²) < 4.78 is 4.85. The lowest BCUT2D eigenvalue weighted by atomic mass is 10.5. The number of aryl methyl sites for hydroxylation is 1. The van der Waals surface area contributed by atoms with E-state index in [0.29, 0.717) is 17.4 Å². The van der Waals surface area contributed by atoms with E-state index in [1.165, 1.54) is 7.11 Å². The summed E-state index contributed by atoms with van der Waals surface area (Å²) in [7, 11) is 1.53. The first-order valence-corrected chi connectivity index (χ1v) is 2.87. The maximum absolute atomic E-state index is 5.46. The third-order valence-electron chi connectivity index (χ3n) is 1.12. The van der Waals surface area contributed by atoms with Crippen molar-refractivity contribution in [3.05, 3.63) is 12.0 Å². The molecule has 0 aliphatic carbocycles. The van der Waals surface area contributed by atoms with Crippen LogP contribution in [0.5, 0.6) is 5.75 Å². The van der Waals surface area contributed by atoms with Gasteiger partial charge in [0.05, 0.1) is 13.3 Å². The van der Waals surface area contributed by atoms with Crippen molar-refractivity contribution in [3.8, 4) is 5.75 Å². The van der Waals surface area contributed by atoms with E-state index >= 15 is 0 Å². The zero-order chi connectivity index (χ0) is 7.56. The number of methoxy groups -OCH3 is 1. The zero-order valence-corrected chi connectivity index (χ0v) is 5.96. The van der Waals surface area contributed by atoms with E-state index in [4.69, 9.17) is 10.5 Å². The van der Waals surface area contributed by atoms with Crippen molar-refractivity contribution >= 4 is 5.82 Å². The molecule has 0 saturated heterocycles. The van der Waals surface area contributed by atoms with Gasteiger partial charge in [-0.2, -0.15) is 0 Å². The number of nitrogens with zero attached hydrogens (tertiary/aromatic N) is 2. The molecule has 0 atom stereocenters. The maximum atomic E-state index is 5.46. The quantitative estimate of drug-likeness (QED) is 0.610. The van der Waals surface area contributed by atoms with E-state index in [0.717, 1.165) is 0 Å². The number of ether oxygens (including phenoxy) is 1. The number of rotatable bonds is 1. The molecule has 0 aromatic carbocycles. The molecular formula is C6H9N3O. The molecule has 1 rings (SSSR count). The standard InChI is InChI=1S/C6H9N3O/c1-4-8-3-5(10-2)6(7)9-4/h3H,1-2H3,(H2,7,8,9). The van der Waals surface area contributed by atoms with Crippen molar-refractivity contribution in [2.75, 3.05) is 12.8 Å². The second-order valence-electron chi connectivity index (χ2n) is 1.87. The lowest BCUT2D eigenvalue weighted by Crippen LogP contribution is -1.98. The second kappa shape index (κ2) is 2.51. The Morgan fingerprint density at radius 2 is 2.30 bits per heavy atom. The summed E-state index contributed by atoms with van der Waals surface area (Å²) in [5, 5.41) is 0. The third kappa shape index (κ3) is 1.15. The van der Waals surface area contributed by atoms with Crippen LogP contribution in [0.2, 0.25) is 0 Å². The summed E-state index contributed by atoms with van der Waals surface area (Å²) in [6.45, 7) is 1.77. The van der Waals surface area contributed by atoms with Gasteiger partial charge in [0.2, 0.25) is 0 Å². The van der Waals surface area contributed by atoms with E-state index < -0.39 is 0 Å². The Balaban J connectivity index is 3.07. The lowest BCUT2D eigenvalue weighted by Gasteiger charge is -2.01. The van der Waals surface area contributed by atoms with E-state index in [-0.39, 0.29) is 0 Å². The molecule has 1 aromatic rings. The molecule has 4 heteroatoms. The van der Waals surface area contributed by atoms with Crippen LogP contribution >= 0.6 is 0 Å². The maximum Gasteiger partial charge on any atom is 0.179 e. The zero-order valence-electron chi connectivity index (χ0n) is 5.96. The topological polar surface area (TPSA) is 61.0 Å². The van der Waals surface area contributed by atoms with Gasteiger partial charge in [0.25, 0.3) is 0 Å². The van der Waals surface area contributed by atoms with Gasteiger partial charge in [0.15, 0.2) is 11.6 Å². The highest BCUT2D eigenvalue weighted by Gasteiger charge is 1.98. The molecule has 0 unspecified atom stereocenters. The molecule has 0 bridgehead atoms. The van der Waals surface area contributed by atoms with Crippen LogP contribution in [-0.2, 0) is 0 Å². The molecule has 54 valence electrons. The molecule has 0 aliphatic rings. The van der Waals surface area contributed by atoms with Gasteiger partial charge in [0.1, 0.15) is 5.82 Å². The molecule has 0 amide bonds. The van der Waals surface area contributed by atoms with Crippen molar-refractivity contribution < 1.29 is 4.74 Å². The minimum absolute atomic E-state index is 0.384. The van der Waals surface area contributed by atoms with Crippen LogP contribution in [0.1, 0.15) is 5.82 Å². The van der Waals surface area contributed by atoms with Gasteiger partial charge in [-0.3, -0.25) is 0 Å². The summed E-state index contributed by atoms with van der Waals surface area (Å²) in [5.74, 6) is 1.55. The van der Waals surface area contributed by atoms with E-state index in [1.807, 2.05) is 0 Å². The molecule has 0 spiro atoms. The van der Waals surface area contributed by atoms with E-state index in [1.54, 1.807) is 13.1 Å². The summed E-state index contributed by atoms with van der Waals surface area (Å²) >= 11 is 0. The van der Waals surface area contributed by atoms with Gasteiger partial charge in [-0.1, -0.05) is 0 Å². The average molecular weight is 139 g/mol. The van der Waals surface area contributed by atoms with Gasteiger partial charge in [-0.25, -0.2) is 9.97 Å². The Hall–Kier alpha value is -1.32. The molecule has 0 radical (unpaired) electrons. The Labute approximate surface area is 59.1 Å². The van der Waals surface area contributed by atoms with Crippen LogP contribution in [0.4, 0.5) is 5.82 Å². The van der Waals surface area contributed by atoms with Crippen molar-refractivity contribution in [3.63, 3.8) is 0 Å². The largest absolute Gasteiger partial charge is 0.491 e. The van der Waals surface area contributed by atoms with Gasteiger partial charge in [-0.15, -0.1) is 0 Å². The summed E-state index contributed by atoms with van der Waals surface area (Å²) in [5.41, 5.74) is 5.46. The Kier molecular flexibility index (Phi) is 1.71. The Morgan fingerprint density at radius 1 is 1.60 bits per heavy atom. The monoisotopic (exact) mass is 139 g/mol. The predicted molar refractivity (Wildman–Crippen MR) is 37.7 cm³/mol. The van der Waals surface area contributed by atoms with E-state index in [9.17, 15) is 0 Å². The SMILES string of the molecule is COc1cnc(C)nc1N. The smallest absolute Gasteiger partial charge is 0.179 e.